The Labute approximate surface area is 154 Å². The molecule has 0 atom stereocenters. The van der Waals surface area contributed by atoms with Crippen molar-refractivity contribution in [2.24, 2.45) is 0 Å². The van der Waals surface area contributed by atoms with Crippen molar-refractivity contribution >= 4 is 44.3 Å². The molecule has 122 valence electrons. The molecule has 2 heterocycles. The SMILES string of the molecule is CN1CCc2c(c3cc(Cl)ccc3n2C(=O)c2ccccc2Br)C1. The van der Waals surface area contributed by atoms with Gasteiger partial charge in [0.15, 0.2) is 0 Å². The summed E-state index contributed by atoms with van der Waals surface area (Å²) in [7, 11) is 2.10. The number of halogens is 2. The van der Waals surface area contributed by atoms with Crippen molar-refractivity contribution in [3.05, 3.63) is 68.8 Å². The zero-order chi connectivity index (χ0) is 16.8. The average Bonchev–Trinajstić information content (AvgIpc) is 2.88. The number of fused-ring (bicyclic) bond motifs is 3. The molecule has 1 aliphatic heterocycles. The molecule has 0 spiro atoms. The summed E-state index contributed by atoms with van der Waals surface area (Å²) in [4.78, 5) is 15.5. The highest BCUT2D eigenvalue weighted by Crippen LogP contribution is 2.33. The van der Waals surface area contributed by atoms with Gasteiger partial charge in [-0.3, -0.25) is 9.36 Å². The number of rotatable bonds is 1. The predicted octanol–water partition coefficient (Wildman–Crippen LogP) is 4.73. The molecule has 3 aromatic rings. The second-order valence-corrected chi connectivity index (χ2v) is 7.49. The van der Waals surface area contributed by atoms with Crippen LogP contribution < -0.4 is 0 Å². The van der Waals surface area contributed by atoms with E-state index in [1.165, 1.54) is 5.56 Å². The molecule has 0 amide bonds. The molecule has 3 nitrogen and oxygen atoms in total. The lowest BCUT2D eigenvalue weighted by Gasteiger charge is -2.24. The van der Waals surface area contributed by atoms with Crippen LogP contribution in [-0.4, -0.2) is 29.0 Å². The number of carbonyl (C=O) groups is 1. The summed E-state index contributed by atoms with van der Waals surface area (Å²) in [6, 6.07) is 13.3. The van der Waals surface area contributed by atoms with Crippen LogP contribution >= 0.6 is 27.5 Å². The molecule has 2 aromatic carbocycles. The van der Waals surface area contributed by atoms with Crippen LogP contribution in [0.25, 0.3) is 10.9 Å². The van der Waals surface area contributed by atoms with E-state index in [2.05, 4.69) is 27.9 Å². The van der Waals surface area contributed by atoms with Crippen LogP contribution in [0.1, 0.15) is 21.6 Å². The predicted molar refractivity (Wildman–Crippen MR) is 101 cm³/mol. The molecule has 1 aliphatic rings. The van der Waals surface area contributed by atoms with Gasteiger partial charge in [-0.05, 0) is 58.9 Å². The fourth-order valence-electron chi connectivity index (χ4n) is 3.45. The van der Waals surface area contributed by atoms with E-state index < -0.39 is 0 Å². The third kappa shape index (κ3) is 2.50. The number of aromatic nitrogens is 1. The van der Waals surface area contributed by atoms with Crippen molar-refractivity contribution in [1.82, 2.24) is 9.47 Å². The molecule has 0 N–H and O–H groups in total. The van der Waals surface area contributed by atoms with Crippen LogP contribution in [0, 0.1) is 0 Å². The molecular formula is C19H16BrClN2O. The minimum Gasteiger partial charge on any atom is -0.302 e. The minimum atomic E-state index is 0.000556. The Morgan fingerprint density at radius 2 is 2.00 bits per heavy atom. The van der Waals surface area contributed by atoms with E-state index in [0.717, 1.165) is 40.6 Å². The summed E-state index contributed by atoms with van der Waals surface area (Å²) in [5.41, 5.74) is 3.92. The first-order valence-electron chi connectivity index (χ1n) is 7.86. The third-order valence-electron chi connectivity index (χ3n) is 4.61. The largest absolute Gasteiger partial charge is 0.302 e. The van der Waals surface area contributed by atoms with Gasteiger partial charge in [-0.1, -0.05) is 23.7 Å². The van der Waals surface area contributed by atoms with Crippen molar-refractivity contribution in [2.75, 3.05) is 13.6 Å². The summed E-state index contributed by atoms with van der Waals surface area (Å²) in [6.45, 7) is 1.78. The number of carbonyl (C=O) groups excluding carboxylic acids is 1. The Morgan fingerprint density at radius 3 is 2.79 bits per heavy atom. The molecule has 24 heavy (non-hydrogen) atoms. The van der Waals surface area contributed by atoms with Crippen molar-refractivity contribution in [2.45, 2.75) is 13.0 Å². The Morgan fingerprint density at radius 1 is 1.21 bits per heavy atom. The molecule has 0 radical (unpaired) electrons. The van der Waals surface area contributed by atoms with E-state index in [1.807, 2.05) is 47.0 Å². The molecule has 0 fully saturated rings. The van der Waals surface area contributed by atoms with Gasteiger partial charge in [0.2, 0.25) is 0 Å². The van der Waals surface area contributed by atoms with Gasteiger partial charge >= 0.3 is 0 Å². The Balaban J connectivity index is 1.99. The van der Waals surface area contributed by atoms with Gasteiger partial charge in [0.1, 0.15) is 0 Å². The summed E-state index contributed by atoms with van der Waals surface area (Å²) >= 11 is 9.71. The summed E-state index contributed by atoms with van der Waals surface area (Å²) < 4.78 is 2.68. The Hall–Kier alpha value is -1.62. The van der Waals surface area contributed by atoms with E-state index in [9.17, 15) is 4.79 Å². The maximum absolute atomic E-state index is 13.3. The molecule has 1 aromatic heterocycles. The normalized spacial score (nSPS) is 14.8. The highest BCUT2D eigenvalue weighted by atomic mass is 79.9. The second-order valence-electron chi connectivity index (χ2n) is 6.19. The molecule has 0 unspecified atom stereocenters. The van der Waals surface area contributed by atoms with Crippen molar-refractivity contribution in [3.63, 3.8) is 0 Å². The van der Waals surface area contributed by atoms with Crippen LogP contribution in [0.4, 0.5) is 0 Å². The van der Waals surface area contributed by atoms with Gasteiger partial charge < -0.3 is 4.90 Å². The van der Waals surface area contributed by atoms with Gasteiger partial charge in [0, 0.05) is 40.1 Å². The molecular weight excluding hydrogens is 388 g/mol. The average molecular weight is 404 g/mol. The highest BCUT2D eigenvalue weighted by Gasteiger charge is 2.26. The van der Waals surface area contributed by atoms with E-state index in [-0.39, 0.29) is 5.91 Å². The zero-order valence-electron chi connectivity index (χ0n) is 13.2. The first kappa shape index (κ1) is 15.9. The lowest BCUT2D eigenvalue weighted by molar-refractivity contribution is 0.0959. The van der Waals surface area contributed by atoms with E-state index in [0.29, 0.717) is 10.6 Å². The van der Waals surface area contributed by atoms with Crippen molar-refractivity contribution in [1.29, 1.82) is 0 Å². The molecule has 0 saturated heterocycles. The molecule has 0 saturated carbocycles. The fraction of sp³-hybridized carbons (Fsp3) is 0.211. The van der Waals surface area contributed by atoms with Gasteiger partial charge in [-0.15, -0.1) is 0 Å². The lowest BCUT2D eigenvalue weighted by Crippen LogP contribution is -2.28. The van der Waals surface area contributed by atoms with Crippen molar-refractivity contribution < 1.29 is 4.79 Å². The number of benzene rings is 2. The maximum atomic E-state index is 13.3. The Bertz CT molecular complexity index is 963. The first-order chi connectivity index (χ1) is 11.6. The van der Waals surface area contributed by atoms with E-state index >= 15 is 0 Å². The van der Waals surface area contributed by atoms with Crippen LogP contribution in [0.5, 0.6) is 0 Å². The molecule has 0 aliphatic carbocycles. The zero-order valence-corrected chi connectivity index (χ0v) is 15.6. The summed E-state index contributed by atoms with van der Waals surface area (Å²) in [5, 5.41) is 1.77. The molecule has 4 rings (SSSR count). The number of hydrogen-bond acceptors (Lipinski definition) is 2. The molecule has 0 bridgehead atoms. The van der Waals surface area contributed by atoms with Gasteiger partial charge in [-0.25, -0.2) is 0 Å². The van der Waals surface area contributed by atoms with Gasteiger partial charge in [0.05, 0.1) is 11.1 Å². The van der Waals surface area contributed by atoms with Gasteiger partial charge in [-0.2, -0.15) is 0 Å². The van der Waals surface area contributed by atoms with Crippen LogP contribution in [0.15, 0.2) is 46.9 Å². The topological polar surface area (TPSA) is 25.2 Å². The van der Waals surface area contributed by atoms with Crippen LogP contribution in [0.3, 0.4) is 0 Å². The summed E-state index contributed by atoms with van der Waals surface area (Å²) in [6.07, 6.45) is 0.855. The smallest absolute Gasteiger partial charge is 0.263 e. The maximum Gasteiger partial charge on any atom is 0.263 e. The van der Waals surface area contributed by atoms with E-state index in [4.69, 9.17) is 11.6 Å². The number of hydrogen-bond donors (Lipinski definition) is 0. The minimum absolute atomic E-state index is 0.000556. The number of likely N-dealkylation sites (N-methyl/N-ethyl adjacent to an activating group) is 1. The van der Waals surface area contributed by atoms with Crippen LogP contribution in [-0.2, 0) is 13.0 Å². The standard InChI is InChI=1S/C19H16BrClN2O/c1-22-9-8-18-15(11-22)14-10-12(21)6-7-17(14)23(18)19(24)13-4-2-3-5-16(13)20/h2-7,10H,8-9,11H2,1H3. The number of nitrogens with zero attached hydrogens (tertiary/aromatic N) is 2. The Kier molecular flexibility index (Phi) is 3.99. The van der Waals surface area contributed by atoms with Gasteiger partial charge in [0.25, 0.3) is 5.91 Å². The molecule has 5 heteroatoms. The first-order valence-corrected chi connectivity index (χ1v) is 9.03. The van der Waals surface area contributed by atoms with E-state index in [1.54, 1.807) is 0 Å². The lowest BCUT2D eigenvalue weighted by atomic mass is 10.1. The summed E-state index contributed by atoms with van der Waals surface area (Å²) in [5.74, 6) is 0.000556. The second kappa shape index (κ2) is 6.03. The van der Waals surface area contributed by atoms with Crippen molar-refractivity contribution in [3.8, 4) is 0 Å². The monoisotopic (exact) mass is 402 g/mol. The van der Waals surface area contributed by atoms with Crippen LogP contribution in [0.2, 0.25) is 5.02 Å². The fourth-order valence-corrected chi connectivity index (χ4v) is 4.08. The third-order valence-corrected chi connectivity index (χ3v) is 5.54. The highest BCUT2D eigenvalue weighted by molar-refractivity contribution is 9.10. The quantitative estimate of drug-likeness (QED) is 0.587.